The van der Waals surface area contributed by atoms with Gasteiger partial charge in [-0.3, -0.25) is 4.79 Å². The van der Waals surface area contributed by atoms with E-state index in [1.165, 1.54) is 0 Å². The quantitative estimate of drug-likeness (QED) is 0.925. The molecule has 1 aliphatic rings. The first-order valence-electron chi connectivity index (χ1n) is 5.68. The maximum Gasteiger partial charge on any atom is 0.158 e. The minimum atomic E-state index is -0.247. The molecule has 0 aromatic carbocycles. The Bertz CT molecular complexity index is 382. The zero-order chi connectivity index (χ0) is 11.6. The lowest BCUT2D eigenvalue weighted by molar-refractivity contribution is -0.124. The summed E-state index contributed by atoms with van der Waals surface area (Å²) in [5.74, 6) is 0.343. The third-order valence-corrected chi connectivity index (χ3v) is 5.32. The fourth-order valence-electron chi connectivity index (χ4n) is 2.31. The molecule has 16 heavy (non-hydrogen) atoms. The van der Waals surface area contributed by atoms with E-state index in [9.17, 15) is 4.79 Å². The van der Waals surface area contributed by atoms with Crippen LogP contribution in [0.25, 0.3) is 0 Å². The largest absolute Gasteiger partial charge is 0.305 e. The summed E-state index contributed by atoms with van der Waals surface area (Å²) in [6.45, 7) is 3.07. The summed E-state index contributed by atoms with van der Waals surface area (Å²) in [6.07, 6.45) is 3.56. The third-order valence-electron chi connectivity index (χ3n) is 3.39. The van der Waals surface area contributed by atoms with Crippen LogP contribution in [0, 0.1) is 0 Å². The van der Waals surface area contributed by atoms with Gasteiger partial charge >= 0.3 is 0 Å². The summed E-state index contributed by atoms with van der Waals surface area (Å²) >= 11 is 5.13. The molecule has 1 N–H and O–H groups in total. The van der Waals surface area contributed by atoms with Gasteiger partial charge in [-0.2, -0.15) is 0 Å². The Labute approximate surface area is 109 Å². The Balaban J connectivity index is 2.10. The standard InChI is InChI=1S/C12H16BrNOS/c1-2-12(5-3-6-14-12)11(15)8-10-9(13)4-7-16-10/h4,7,14H,2-3,5-6,8H2,1H3. The van der Waals surface area contributed by atoms with Crippen LogP contribution >= 0.6 is 27.3 Å². The third kappa shape index (κ3) is 2.24. The van der Waals surface area contributed by atoms with E-state index in [1.54, 1.807) is 11.3 Å². The molecule has 1 saturated heterocycles. The second kappa shape index (κ2) is 4.98. The van der Waals surface area contributed by atoms with Crippen LogP contribution in [0.5, 0.6) is 0 Å². The van der Waals surface area contributed by atoms with Gasteiger partial charge in [0.1, 0.15) is 0 Å². The van der Waals surface area contributed by atoms with Gasteiger partial charge in [0.2, 0.25) is 0 Å². The predicted molar refractivity (Wildman–Crippen MR) is 71.0 cm³/mol. The van der Waals surface area contributed by atoms with Gasteiger partial charge in [0.15, 0.2) is 5.78 Å². The Morgan fingerprint density at radius 1 is 1.69 bits per heavy atom. The highest BCUT2D eigenvalue weighted by Gasteiger charge is 2.38. The molecule has 4 heteroatoms. The number of rotatable bonds is 4. The molecule has 0 saturated carbocycles. The molecule has 88 valence electrons. The minimum absolute atomic E-state index is 0.247. The van der Waals surface area contributed by atoms with Crippen molar-refractivity contribution in [3.63, 3.8) is 0 Å². The fourth-order valence-corrected chi connectivity index (χ4v) is 3.80. The molecule has 1 aromatic rings. The maximum absolute atomic E-state index is 12.3. The van der Waals surface area contributed by atoms with Crippen LogP contribution in [0.4, 0.5) is 0 Å². The van der Waals surface area contributed by atoms with Gasteiger partial charge in [-0.15, -0.1) is 11.3 Å². The number of Topliss-reactive ketones (excluding diaryl/α,β-unsaturated/α-hetero) is 1. The molecule has 0 radical (unpaired) electrons. The van der Waals surface area contributed by atoms with E-state index >= 15 is 0 Å². The van der Waals surface area contributed by atoms with Crippen molar-refractivity contribution >= 4 is 33.0 Å². The van der Waals surface area contributed by atoms with Gasteiger partial charge in [0.05, 0.1) is 5.54 Å². The number of halogens is 1. The van der Waals surface area contributed by atoms with Crippen LogP contribution in [0.15, 0.2) is 15.9 Å². The molecule has 1 aromatic heterocycles. The highest BCUT2D eigenvalue weighted by atomic mass is 79.9. The van der Waals surface area contributed by atoms with E-state index in [4.69, 9.17) is 0 Å². The molecule has 1 fully saturated rings. The van der Waals surface area contributed by atoms with Crippen molar-refractivity contribution in [1.29, 1.82) is 0 Å². The first-order valence-corrected chi connectivity index (χ1v) is 7.35. The van der Waals surface area contributed by atoms with Gasteiger partial charge < -0.3 is 5.32 Å². The van der Waals surface area contributed by atoms with Crippen molar-refractivity contribution in [3.8, 4) is 0 Å². The number of thiophene rings is 1. The normalized spacial score (nSPS) is 24.9. The summed E-state index contributed by atoms with van der Waals surface area (Å²) in [4.78, 5) is 13.5. The van der Waals surface area contributed by atoms with Crippen LogP contribution in [0.3, 0.4) is 0 Å². The monoisotopic (exact) mass is 301 g/mol. The molecule has 0 amide bonds. The Morgan fingerprint density at radius 3 is 3.00 bits per heavy atom. The Kier molecular flexibility index (Phi) is 3.82. The summed E-state index contributed by atoms with van der Waals surface area (Å²) in [7, 11) is 0. The number of carbonyl (C=O) groups is 1. The average Bonchev–Trinajstić information content (AvgIpc) is 2.89. The second-order valence-electron chi connectivity index (χ2n) is 4.26. The summed E-state index contributed by atoms with van der Waals surface area (Å²) < 4.78 is 1.06. The van der Waals surface area contributed by atoms with Crippen LogP contribution in [-0.4, -0.2) is 17.9 Å². The van der Waals surface area contributed by atoms with Gasteiger partial charge in [-0.05, 0) is 53.2 Å². The first kappa shape index (κ1) is 12.3. The van der Waals surface area contributed by atoms with E-state index in [1.807, 2.05) is 11.4 Å². The highest BCUT2D eigenvalue weighted by Crippen LogP contribution is 2.29. The van der Waals surface area contributed by atoms with E-state index in [-0.39, 0.29) is 5.54 Å². The van der Waals surface area contributed by atoms with E-state index in [0.29, 0.717) is 12.2 Å². The SMILES string of the molecule is CCC1(C(=O)Cc2sccc2Br)CCCN1. The minimum Gasteiger partial charge on any atom is -0.305 e. The van der Waals surface area contributed by atoms with Crippen LogP contribution < -0.4 is 5.32 Å². The highest BCUT2D eigenvalue weighted by molar-refractivity contribution is 9.10. The van der Waals surface area contributed by atoms with E-state index in [2.05, 4.69) is 28.2 Å². The summed E-state index contributed by atoms with van der Waals surface area (Å²) in [6, 6.07) is 2.01. The van der Waals surface area contributed by atoms with Crippen molar-refractivity contribution in [2.45, 2.75) is 38.1 Å². The van der Waals surface area contributed by atoms with E-state index < -0.39 is 0 Å². The van der Waals surface area contributed by atoms with Crippen molar-refractivity contribution in [2.24, 2.45) is 0 Å². The number of carbonyl (C=O) groups excluding carboxylic acids is 1. The number of hydrogen-bond acceptors (Lipinski definition) is 3. The molecular weight excluding hydrogens is 286 g/mol. The van der Waals surface area contributed by atoms with Gasteiger partial charge in [-0.1, -0.05) is 6.92 Å². The van der Waals surface area contributed by atoms with Crippen molar-refractivity contribution in [2.75, 3.05) is 6.54 Å². The van der Waals surface area contributed by atoms with Gasteiger partial charge in [0.25, 0.3) is 0 Å². The first-order chi connectivity index (χ1) is 7.68. The lowest BCUT2D eigenvalue weighted by Crippen LogP contribution is -2.47. The lowest BCUT2D eigenvalue weighted by atomic mass is 9.87. The molecule has 2 heterocycles. The smallest absolute Gasteiger partial charge is 0.158 e. The number of hydrogen-bond donors (Lipinski definition) is 1. The Morgan fingerprint density at radius 2 is 2.50 bits per heavy atom. The zero-order valence-electron chi connectivity index (χ0n) is 9.38. The molecule has 0 spiro atoms. The molecular formula is C12H16BrNOS. The average molecular weight is 302 g/mol. The van der Waals surface area contributed by atoms with Crippen molar-refractivity contribution in [1.82, 2.24) is 5.32 Å². The molecule has 1 aliphatic heterocycles. The van der Waals surface area contributed by atoms with Crippen LogP contribution in [0.1, 0.15) is 31.1 Å². The summed E-state index contributed by atoms with van der Waals surface area (Å²) in [5, 5.41) is 5.41. The molecule has 0 bridgehead atoms. The Hall–Kier alpha value is -0.190. The fraction of sp³-hybridized carbons (Fsp3) is 0.583. The van der Waals surface area contributed by atoms with Crippen molar-refractivity contribution in [3.05, 3.63) is 20.8 Å². The zero-order valence-corrected chi connectivity index (χ0v) is 11.8. The number of ketones is 1. The van der Waals surface area contributed by atoms with Crippen molar-refractivity contribution < 1.29 is 4.79 Å². The molecule has 1 unspecified atom stereocenters. The predicted octanol–water partition coefficient (Wildman–Crippen LogP) is 3.15. The van der Waals surface area contributed by atoms with E-state index in [0.717, 1.165) is 35.2 Å². The molecule has 2 nitrogen and oxygen atoms in total. The molecule has 1 atom stereocenters. The topological polar surface area (TPSA) is 29.1 Å². The van der Waals surface area contributed by atoms with Crippen LogP contribution in [0.2, 0.25) is 0 Å². The van der Waals surface area contributed by atoms with Gasteiger partial charge in [-0.25, -0.2) is 0 Å². The van der Waals surface area contributed by atoms with Gasteiger partial charge in [0, 0.05) is 15.8 Å². The molecule has 0 aliphatic carbocycles. The lowest BCUT2D eigenvalue weighted by Gasteiger charge is -2.26. The second-order valence-corrected chi connectivity index (χ2v) is 6.11. The number of nitrogens with one attached hydrogen (secondary N) is 1. The molecule has 2 rings (SSSR count). The van der Waals surface area contributed by atoms with Crippen LogP contribution in [-0.2, 0) is 11.2 Å². The summed E-state index contributed by atoms with van der Waals surface area (Å²) in [5.41, 5.74) is -0.247. The maximum atomic E-state index is 12.3.